The van der Waals surface area contributed by atoms with E-state index in [1.54, 1.807) is 7.11 Å². The molecule has 2 fully saturated rings. The lowest BCUT2D eigenvalue weighted by molar-refractivity contribution is -0.147. The molecule has 15 heavy (non-hydrogen) atoms. The summed E-state index contributed by atoms with van der Waals surface area (Å²) in [6.45, 7) is 1.82. The van der Waals surface area contributed by atoms with Crippen LogP contribution in [-0.4, -0.2) is 50.3 Å². The first kappa shape index (κ1) is 10.9. The van der Waals surface area contributed by atoms with Crippen molar-refractivity contribution in [1.82, 2.24) is 4.90 Å². The quantitative estimate of drug-likeness (QED) is 0.643. The van der Waals surface area contributed by atoms with Gasteiger partial charge in [0.2, 0.25) is 0 Å². The zero-order valence-corrected chi connectivity index (χ0v) is 9.44. The maximum absolute atomic E-state index is 11.7. The molecule has 0 aromatic heterocycles. The Morgan fingerprint density at radius 3 is 2.53 bits per heavy atom. The lowest BCUT2D eigenvalue weighted by Crippen LogP contribution is -2.42. The summed E-state index contributed by atoms with van der Waals surface area (Å²) in [5, 5.41) is 0. The number of likely N-dealkylation sites (tertiary alicyclic amines) is 1. The number of nitrogens with zero attached hydrogens (tertiary/aromatic N) is 1. The van der Waals surface area contributed by atoms with E-state index in [0.29, 0.717) is 5.92 Å². The Labute approximate surface area is 90.5 Å². The Hall–Kier alpha value is -0.610. The fourth-order valence-corrected chi connectivity index (χ4v) is 2.37. The molecule has 1 heterocycles. The molecule has 2 aliphatic rings. The van der Waals surface area contributed by atoms with Crippen molar-refractivity contribution in [2.45, 2.75) is 31.4 Å². The summed E-state index contributed by atoms with van der Waals surface area (Å²) in [6, 6.07) is -0.0184. The van der Waals surface area contributed by atoms with Gasteiger partial charge in [-0.15, -0.1) is 0 Å². The summed E-state index contributed by atoms with van der Waals surface area (Å²) in [7, 11) is 3.21. The van der Waals surface area contributed by atoms with Gasteiger partial charge >= 0.3 is 5.97 Å². The van der Waals surface area contributed by atoms with Gasteiger partial charge in [0.25, 0.3) is 0 Å². The molecule has 0 radical (unpaired) electrons. The minimum Gasteiger partial charge on any atom is -0.468 e. The number of carbonyl (C=O) groups is 1. The third kappa shape index (κ3) is 2.32. The molecule has 2 rings (SSSR count). The predicted molar refractivity (Wildman–Crippen MR) is 55.5 cm³/mol. The van der Waals surface area contributed by atoms with Crippen LogP contribution in [0.15, 0.2) is 0 Å². The highest BCUT2D eigenvalue weighted by atomic mass is 16.5. The van der Waals surface area contributed by atoms with Crippen molar-refractivity contribution in [2.75, 3.05) is 27.3 Å². The van der Waals surface area contributed by atoms with Crippen LogP contribution < -0.4 is 0 Å². The van der Waals surface area contributed by atoms with Crippen LogP contribution in [0.4, 0.5) is 0 Å². The molecule has 86 valence electrons. The first-order valence-corrected chi connectivity index (χ1v) is 5.61. The highest BCUT2D eigenvalue weighted by Crippen LogP contribution is 2.37. The van der Waals surface area contributed by atoms with Gasteiger partial charge in [-0.1, -0.05) is 0 Å². The van der Waals surface area contributed by atoms with E-state index in [2.05, 4.69) is 4.90 Å². The number of hydrogen-bond acceptors (Lipinski definition) is 4. The van der Waals surface area contributed by atoms with Crippen molar-refractivity contribution in [1.29, 1.82) is 0 Å². The summed E-state index contributed by atoms with van der Waals surface area (Å²) in [5.74, 6) is 0.447. The molecule has 2 atom stereocenters. The van der Waals surface area contributed by atoms with Gasteiger partial charge in [-0.3, -0.25) is 9.69 Å². The van der Waals surface area contributed by atoms with Crippen LogP contribution in [0.3, 0.4) is 0 Å². The molecule has 0 spiro atoms. The van der Waals surface area contributed by atoms with E-state index in [1.165, 1.54) is 7.11 Å². The Morgan fingerprint density at radius 2 is 2.07 bits per heavy atom. The Morgan fingerprint density at radius 1 is 1.33 bits per heavy atom. The van der Waals surface area contributed by atoms with E-state index >= 15 is 0 Å². The highest BCUT2D eigenvalue weighted by molar-refractivity contribution is 5.76. The summed E-state index contributed by atoms with van der Waals surface area (Å²) in [5.41, 5.74) is 0. The Bertz CT molecular complexity index is 240. The average Bonchev–Trinajstić information content (AvgIpc) is 2.96. The monoisotopic (exact) mass is 213 g/mol. The molecule has 4 heteroatoms. The third-order valence-electron chi connectivity index (χ3n) is 3.41. The zero-order valence-electron chi connectivity index (χ0n) is 9.44. The second-order valence-electron chi connectivity index (χ2n) is 4.45. The number of hydrogen-bond donors (Lipinski definition) is 0. The van der Waals surface area contributed by atoms with Gasteiger partial charge in [-0.2, -0.15) is 0 Å². The zero-order chi connectivity index (χ0) is 10.8. The summed E-state index contributed by atoms with van der Waals surface area (Å²) < 4.78 is 10.2. The molecule has 2 unspecified atom stereocenters. The number of carbonyl (C=O) groups excluding carboxylic acids is 1. The van der Waals surface area contributed by atoms with Crippen molar-refractivity contribution < 1.29 is 14.3 Å². The maximum atomic E-state index is 11.7. The molecule has 1 saturated heterocycles. The Balaban J connectivity index is 1.96. The molecule has 0 amide bonds. The molecule has 0 aromatic rings. The van der Waals surface area contributed by atoms with Gasteiger partial charge in [-0.25, -0.2) is 0 Å². The number of rotatable bonds is 4. The highest BCUT2D eigenvalue weighted by Gasteiger charge is 2.43. The lowest BCUT2D eigenvalue weighted by atomic mass is 10.1. The molecule has 1 aliphatic carbocycles. The van der Waals surface area contributed by atoms with Gasteiger partial charge in [0, 0.05) is 20.2 Å². The van der Waals surface area contributed by atoms with Crippen LogP contribution >= 0.6 is 0 Å². The maximum Gasteiger partial charge on any atom is 0.323 e. The first-order valence-electron chi connectivity index (χ1n) is 5.61. The molecule has 0 aromatic carbocycles. The van der Waals surface area contributed by atoms with Gasteiger partial charge in [-0.05, 0) is 25.2 Å². The molecular weight excluding hydrogens is 194 g/mol. The second kappa shape index (κ2) is 4.49. The largest absolute Gasteiger partial charge is 0.468 e. The molecule has 0 bridgehead atoms. The smallest absolute Gasteiger partial charge is 0.323 e. The van der Waals surface area contributed by atoms with Crippen molar-refractivity contribution in [3.05, 3.63) is 0 Å². The summed E-state index contributed by atoms with van der Waals surface area (Å²) in [6.07, 6.45) is 3.63. The number of esters is 1. The molecular formula is C11H19NO3. The SMILES string of the molecule is COC(=O)C(C1CC1)N1CCC(OC)C1. The first-order chi connectivity index (χ1) is 7.26. The number of ether oxygens (including phenoxy) is 2. The normalized spacial score (nSPS) is 29.1. The predicted octanol–water partition coefficient (Wildman–Crippen LogP) is 0.659. The van der Waals surface area contributed by atoms with E-state index in [4.69, 9.17) is 9.47 Å². The molecule has 4 nitrogen and oxygen atoms in total. The van der Waals surface area contributed by atoms with E-state index in [9.17, 15) is 4.79 Å². The summed E-state index contributed by atoms with van der Waals surface area (Å²) >= 11 is 0. The average molecular weight is 213 g/mol. The Kier molecular flexibility index (Phi) is 3.26. The van der Waals surface area contributed by atoms with E-state index < -0.39 is 0 Å². The van der Waals surface area contributed by atoms with E-state index in [1.807, 2.05) is 0 Å². The third-order valence-corrected chi connectivity index (χ3v) is 3.41. The van der Waals surface area contributed by atoms with Crippen molar-refractivity contribution in [3.8, 4) is 0 Å². The topological polar surface area (TPSA) is 38.8 Å². The lowest BCUT2D eigenvalue weighted by Gasteiger charge is -2.25. The molecule has 1 aliphatic heterocycles. The fourth-order valence-electron chi connectivity index (χ4n) is 2.37. The van der Waals surface area contributed by atoms with E-state index in [0.717, 1.165) is 32.4 Å². The van der Waals surface area contributed by atoms with Gasteiger partial charge in [0.1, 0.15) is 6.04 Å². The minimum atomic E-state index is -0.0748. The van der Waals surface area contributed by atoms with Crippen molar-refractivity contribution >= 4 is 5.97 Å². The minimum absolute atomic E-state index is 0.0184. The van der Waals surface area contributed by atoms with Crippen LogP contribution in [0.5, 0.6) is 0 Å². The molecule has 1 saturated carbocycles. The van der Waals surface area contributed by atoms with Crippen LogP contribution in [0.2, 0.25) is 0 Å². The number of methoxy groups -OCH3 is 2. The summed E-state index contributed by atoms with van der Waals surface area (Å²) in [4.78, 5) is 13.9. The van der Waals surface area contributed by atoms with Crippen LogP contribution in [-0.2, 0) is 14.3 Å². The van der Waals surface area contributed by atoms with Crippen LogP contribution in [0.1, 0.15) is 19.3 Å². The van der Waals surface area contributed by atoms with Gasteiger partial charge in [0.05, 0.1) is 13.2 Å². The van der Waals surface area contributed by atoms with Crippen molar-refractivity contribution in [3.63, 3.8) is 0 Å². The second-order valence-corrected chi connectivity index (χ2v) is 4.45. The van der Waals surface area contributed by atoms with E-state index in [-0.39, 0.29) is 18.1 Å². The van der Waals surface area contributed by atoms with Crippen molar-refractivity contribution in [2.24, 2.45) is 5.92 Å². The van der Waals surface area contributed by atoms with Gasteiger partial charge < -0.3 is 9.47 Å². The van der Waals surface area contributed by atoms with Crippen LogP contribution in [0, 0.1) is 5.92 Å². The standard InChI is InChI=1S/C11H19NO3/c1-14-9-5-6-12(7-9)10(8-3-4-8)11(13)15-2/h8-10H,3-7H2,1-2H3. The van der Waals surface area contributed by atoms with Gasteiger partial charge in [0.15, 0.2) is 0 Å². The van der Waals surface area contributed by atoms with Crippen LogP contribution in [0.25, 0.3) is 0 Å². The molecule has 0 N–H and O–H groups in total. The fraction of sp³-hybridized carbons (Fsp3) is 0.909.